The molecule has 1 amide bonds. The second-order valence-electron chi connectivity index (χ2n) is 5.83. The molecule has 1 aromatic rings. The van der Waals surface area contributed by atoms with Gasteiger partial charge in [0.1, 0.15) is 0 Å². The molecule has 1 heterocycles. The fourth-order valence-electron chi connectivity index (χ4n) is 2.71. The summed E-state index contributed by atoms with van der Waals surface area (Å²) >= 11 is 6.12. The van der Waals surface area contributed by atoms with Crippen LogP contribution in [0.3, 0.4) is 0 Å². The van der Waals surface area contributed by atoms with E-state index in [2.05, 4.69) is 4.90 Å². The molecule has 122 valence electrons. The maximum Gasteiger partial charge on any atom is 0.222 e. The predicted molar refractivity (Wildman–Crippen MR) is 89.1 cm³/mol. The van der Waals surface area contributed by atoms with Crippen LogP contribution in [0, 0.1) is 0 Å². The fourth-order valence-corrected chi connectivity index (χ4v) is 2.94. The predicted octanol–water partition coefficient (Wildman–Crippen LogP) is 2.19. The summed E-state index contributed by atoms with van der Waals surface area (Å²) < 4.78 is 0. The summed E-state index contributed by atoms with van der Waals surface area (Å²) in [6.45, 7) is 5.87. The van der Waals surface area contributed by atoms with E-state index in [1.54, 1.807) is 0 Å². The average Bonchev–Trinajstić information content (AvgIpc) is 2.54. The average molecular weight is 325 g/mol. The number of hydrogen-bond donors (Lipinski definition) is 1. The first-order valence-electron chi connectivity index (χ1n) is 8.01. The standard InChI is InChI=1S/C17H25ClN2O2/c1-2-15(21)13-19-9-11-20(12-10-19)17(22)8-7-14-5-3-4-6-16(14)18/h3-6,15,21H,2,7-13H2,1H3. The van der Waals surface area contributed by atoms with Gasteiger partial charge in [-0.15, -0.1) is 0 Å². The Morgan fingerprint density at radius 1 is 1.27 bits per heavy atom. The van der Waals surface area contributed by atoms with E-state index < -0.39 is 0 Å². The number of carbonyl (C=O) groups is 1. The second kappa shape index (κ2) is 8.51. The lowest BCUT2D eigenvalue weighted by Crippen LogP contribution is -2.50. The lowest BCUT2D eigenvalue weighted by Gasteiger charge is -2.35. The van der Waals surface area contributed by atoms with Crippen LogP contribution in [0.4, 0.5) is 0 Å². The van der Waals surface area contributed by atoms with Gasteiger partial charge in [-0.05, 0) is 24.5 Å². The minimum atomic E-state index is -0.262. The first-order valence-corrected chi connectivity index (χ1v) is 8.39. The van der Waals surface area contributed by atoms with E-state index in [0.29, 0.717) is 19.4 Å². The molecule has 0 saturated carbocycles. The van der Waals surface area contributed by atoms with Gasteiger partial charge in [-0.1, -0.05) is 36.7 Å². The van der Waals surface area contributed by atoms with Gasteiger partial charge in [-0.25, -0.2) is 0 Å². The van der Waals surface area contributed by atoms with Crippen LogP contribution in [0.25, 0.3) is 0 Å². The van der Waals surface area contributed by atoms with E-state index >= 15 is 0 Å². The first-order chi connectivity index (χ1) is 10.6. The van der Waals surface area contributed by atoms with E-state index in [1.807, 2.05) is 36.1 Å². The molecule has 1 aliphatic heterocycles. The highest BCUT2D eigenvalue weighted by Crippen LogP contribution is 2.17. The molecule has 5 heteroatoms. The van der Waals surface area contributed by atoms with Gasteiger partial charge >= 0.3 is 0 Å². The van der Waals surface area contributed by atoms with Crippen molar-refractivity contribution in [2.75, 3.05) is 32.7 Å². The number of piperazine rings is 1. The smallest absolute Gasteiger partial charge is 0.222 e. The number of halogens is 1. The Labute approximate surface area is 137 Å². The molecule has 1 unspecified atom stereocenters. The third-order valence-electron chi connectivity index (χ3n) is 4.23. The van der Waals surface area contributed by atoms with Gasteiger partial charge in [0.25, 0.3) is 0 Å². The fraction of sp³-hybridized carbons (Fsp3) is 0.588. The summed E-state index contributed by atoms with van der Waals surface area (Å²) in [5, 5.41) is 10.4. The van der Waals surface area contributed by atoms with Crippen molar-refractivity contribution in [2.45, 2.75) is 32.3 Å². The molecule has 1 N–H and O–H groups in total. The van der Waals surface area contributed by atoms with Gasteiger partial charge in [-0.3, -0.25) is 9.69 Å². The van der Waals surface area contributed by atoms with Gasteiger partial charge in [0.2, 0.25) is 5.91 Å². The normalized spacial score (nSPS) is 17.5. The molecule has 0 spiro atoms. The van der Waals surface area contributed by atoms with Crippen LogP contribution in [0.2, 0.25) is 5.02 Å². The van der Waals surface area contributed by atoms with Crippen molar-refractivity contribution in [1.29, 1.82) is 0 Å². The maximum absolute atomic E-state index is 12.3. The molecular formula is C17H25ClN2O2. The van der Waals surface area contributed by atoms with E-state index in [0.717, 1.165) is 43.2 Å². The molecule has 1 aromatic carbocycles. The monoisotopic (exact) mass is 324 g/mol. The van der Waals surface area contributed by atoms with Crippen LogP contribution in [0.15, 0.2) is 24.3 Å². The summed E-state index contributed by atoms with van der Waals surface area (Å²) in [5.41, 5.74) is 1.03. The van der Waals surface area contributed by atoms with Gasteiger partial charge in [0, 0.05) is 44.2 Å². The van der Waals surface area contributed by atoms with Crippen molar-refractivity contribution >= 4 is 17.5 Å². The van der Waals surface area contributed by atoms with Crippen LogP contribution in [-0.4, -0.2) is 59.6 Å². The number of rotatable bonds is 6. The minimum absolute atomic E-state index is 0.190. The topological polar surface area (TPSA) is 43.8 Å². The lowest BCUT2D eigenvalue weighted by atomic mass is 10.1. The van der Waals surface area contributed by atoms with Gasteiger partial charge in [0.05, 0.1) is 6.10 Å². The number of hydrogen-bond acceptors (Lipinski definition) is 3. The number of aliphatic hydroxyl groups excluding tert-OH is 1. The molecule has 1 atom stereocenters. The van der Waals surface area contributed by atoms with E-state index in [-0.39, 0.29) is 12.0 Å². The van der Waals surface area contributed by atoms with Gasteiger partial charge < -0.3 is 10.0 Å². The molecule has 0 bridgehead atoms. The summed E-state index contributed by atoms with van der Waals surface area (Å²) in [5.74, 6) is 0.190. The molecule has 1 saturated heterocycles. The van der Waals surface area contributed by atoms with Crippen LogP contribution in [-0.2, 0) is 11.2 Å². The molecule has 1 aliphatic rings. The summed E-state index contributed by atoms with van der Waals surface area (Å²) in [4.78, 5) is 16.4. The van der Waals surface area contributed by atoms with E-state index in [9.17, 15) is 9.90 Å². The Morgan fingerprint density at radius 3 is 2.59 bits per heavy atom. The summed E-state index contributed by atoms with van der Waals surface area (Å²) in [7, 11) is 0. The molecule has 0 aromatic heterocycles. The number of aryl methyl sites for hydroxylation is 1. The molecule has 0 aliphatic carbocycles. The first kappa shape index (κ1) is 17.3. The maximum atomic E-state index is 12.3. The van der Waals surface area contributed by atoms with Crippen molar-refractivity contribution in [3.63, 3.8) is 0 Å². The van der Waals surface area contributed by atoms with E-state index in [1.165, 1.54) is 0 Å². The highest BCUT2D eigenvalue weighted by Gasteiger charge is 2.22. The summed E-state index contributed by atoms with van der Waals surface area (Å²) in [6.07, 6.45) is 1.70. The van der Waals surface area contributed by atoms with E-state index in [4.69, 9.17) is 11.6 Å². The Hall–Kier alpha value is -1.10. The molecule has 0 radical (unpaired) electrons. The largest absolute Gasteiger partial charge is 0.392 e. The zero-order valence-electron chi connectivity index (χ0n) is 13.2. The van der Waals surface area contributed by atoms with Gasteiger partial charge in [-0.2, -0.15) is 0 Å². The van der Waals surface area contributed by atoms with Crippen molar-refractivity contribution in [3.05, 3.63) is 34.9 Å². The van der Waals surface area contributed by atoms with Crippen molar-refractivity contribution in [2.24, 2.45) is 0 Å². The van der Waals surface area contributed by atoms with Gasteiger partial charge in [0.15, 0.2) is 0 Å². The number of carbonyl (C=O) groups excluding carboxylic acids is 1. The summed E-state index contributed by atoms with van der Waals surface area (Å²) in [6, 6.07) is 7.68. The Bertz CT molecular complexity index is 487. The molecule has 1 fully saturated rings. The SMILES string of the molecule is CCC(O)CN1CCN(C(=O)CCc2ccccc2Cl)CC1. The lowest BCUT2D eigenvalue weighted by molar-refractivity contribution is -0.133. The molecular weight excluding hydrogens is 300 g/mol. The highest BCUT2D eigenvalue weighted by atomic mass is 35.5. The van der Waals surface area contributed by atoms with Crippen molar-refractivity contribution in [3.8, 4) is 0 Å². The zero-order chi connectivity index (χ0) is 15.9. The number of nitrogens with zero attached hydrogens (tertiary/aromatic N) is 2. The third kappa shape index (κ3) is 4.97. The third-order valence-corrected chi connectivity index (χ3v) is 4.60. The Balaban J connectivity index is 1.74. The number of aliphatic hydroxyl groups is 1. The van der Waals surface area contributed by atoms with Crippen molar-refractivity contribution < 1.29 is 9.90 Å². The Morgan fingerprint density at radius 2 is 1.95 bits per heavy atom. The molecule has 2 rings (SSSR count). The van der Waals surface area contributed by atoms with Crippen LogP contribution < -0.4 is 0 Å². The molecule has 22 heavy (non-hydrogen) atoms. The Kier molecular flexibility index (Phi) is 6.68. The highest BCUT2D eigenvalue weighted by molar-refractivity contribution is 6.31. The van der Waals surface area contributed by atoms with Crippen molar-refractivity contribution in [1.82, 2.24) is 9.80 Å². The zero-order valence-corrected chi connectivity index (χ0v) is 13.9. The van der Waals surface area contributed by atoms with Crippen LogP contribution >= 0.6 is 11.6 Å². The number of benzene rings is 1. The molecule has 4 nitrogen and oxygen atoms in total. The number of β-amino-alcohol motifs (C(OH)–C–C–N with tert-alkyl or cyclic N) is 1. The quantitative estimate of drug-likeness (QED) is 0.872. The van der Waals surface area contributed by atoms with Crippen LogP contribution in [0.1, 0.15) is 25.3 Å². The number of amides is 1. The minimum Gasteiger partial charge on any atom is -0.392 e. The second-order valence-corrected chi connectivity index (χ2v) is 6.24. The van der Waals surface area contributed by atoms with Crippen LogP contribution in [0.5, 0.6) is 0 Å².